The van der Waals surface area contributed by atoms with Crippen molar-refractivity contribution in [2.75, 3.05) is 6.61 Å². The van der Waals surface area contributed by atoms with Crippen molar-refractivity contribution in [1.29, 1.82) is 0 Å². The van der Waals surface area contributed by atoms with E-state index in [-0.39, 0.29) is 17.7 Å². The molecule has 0 N–H and O–H groups in total. The summed E-state index contributed by atoms with van der Waals surface area (Å²) in [5.41, 5.74) is 2.60. The van der Waals surface area contributed by atoms with E-state index in [4.69, 9.17) is 21.1 Å². The maximum absolute atomic E-state index is 13.3. The summed E-state index contributed by atoms with van der Waals surface area (Å²) in [4.78, 5) is 27.8. The number of carbonyl (C=O) groups is 2. The standard InChI is InChI=1S/C34H26ClNO4S/c1-2-39-30-18-22(17-29(35)32(30)40-21-26-14-8-12-24-10-4-6-16-28(24)26)19-31-33(37)36(34(38)41-31)20-25-13-7-11-23-9-3-5-15-27(23)25/h3-19H,2,20-21H2,1H3/b31-19+. The number of carbonyl (C=O) groups excluding carboxylic acids is 2. The molecule has 0 atom stereocenters. The fourth-order valence-electron chi connectivity index (χ4n) is 5.03. The monoisotopic (exact) mass is 579 g/mol. The molecule has 5 aromatic carbocycles. The zero-order valence-electron chi connectivity index (χ0n) is 22.3. The van der Waals surface area contributed by atoms with Crippen LogP contribution in [-0.4, -0.2) is 22.7 Å². The lowest BCUT2D eigenvalue weighted by Gasteiger charge is -2.16. The third-order valence-corrected chi connectivity index (χ3v) is 8.15. The van der Waals surface area contributed by atoms with E-state index in [1.807, 2.05) is 73.7 Å². The van der Waals surface area contributed by atoms with Crippen molar-refractivity contribution in [2.45, 2.75) is 20.1 Å². The van der Waals surface area contributed by atoms with Crippen LogP contribution in [0.5, 0.6) is 11.5 Å². The smallest absolute Gasteiger partial charge is 0.293 e. The van der Waals surface area contributed by atoms with E-state index < -0.39 is 0 Å². The Kier molecular flexibility index (Phi) is 7.68. The summed E-state index contributed by atoms with van der Waals surface area (Å²) in [6.45, 7) is 2.81. The van der Waals surface area contributed by atoms with Crippen LogP contribution in [0, 0.1) is 0 Å². The molecule has 5 aromatic rings. The van der Waals surface area contributed by atoms with Crippen LogP contribution in [-0.2, 0) is 17.9 Å². The SMILES string of the molecule is CCOc1cc(/C=C2/SC(=O)N(Cc3cccc4ccccc34)C2=O)cc(Cl)c1OCc1cccc2ccccc12. The zero-order chi connectivity index (χ0) is 28.3. The fraction of sp³-hybridized carbons (Fsp3) is 0.118. The molecular formula is C34H26ClNO4S. The number of nitrogens with zero attached hydrogens (tertiary/aromatic N) is 1. The molecule has 0 radical (unpaired) electrons. The molecule has 0 aliphatic carbocycles. The van der Waals surface area contributed by atoms with Gasteiger partial charge in [-0.1, -0.05) is 96.5 Å². The Balaban J connectivity index is 1.25. The minimum atomic E-state index is -0.335. The summed E-state index contributed by atoms with van der Waals surface area (Å²) in [5, 5.41) is 4.38. The minimum absolute atomic E-state index is 0.204. The van der Waals surface area contributed by atoms with Crippen molar-refractivity contribution in [1.82, 2.24) is 4.90 Å². The Bertz CT molecular complexity index is 1820. The molecule has 1 heterocycles. The predicted octanol–water partition coefficient (Wildman–Crippen LogP) is 8.86. The Hall–Kier alpha value is -4.26. The number of ether oxygens (including phenoxy) is 2. The van der Waals surface area contributed by atoms with Gasteiger partial charge in [0, 0.05) is 0 Å². The lowest BCUT2D eigenvalue weighted by Crippen LogP contribution is -2.27. The lowest BCUT2D eigenvalue weighted by atomic mass is 10.0. The summed E-state index contributed by atoms with van der Waals surface area (Å²) in [5.74, 6) is 0.572. The molecule has 1 aliphatic heterocycles. The largest absolute Gasteiger partial charge is 0.490 e. The molecule has 1 saturated heterocycles. The molecule has 0 bridgehead atoms. The van der Waals surface area contributed by atoms with Gasteiger partial charge in [0.15, 0.2) is 11.5 Å². The first-order valence-electron chi connectivity index (χ1n) is 13.3. The van der Waals surface area contributed by atoms with Crippen molar-refractivity contribution < 1.29 is 19.1 Å². The second kappa shape index (κ2) is 11.7. The average Bonchev–Trinajstić information content (AvgIpc) is 3.24. The van der Waals surface area contributed by atoms with Crippen molar-refractivity contribution in [2.24, 2.45) is 0 Å². The summed E-state index contributed by atoms with van der Waals surface area (Å²) >= 11 is 7.62. The highest BCUT2D eigenvalue weighted by Gasteiger charge is 2.35. The van der Waals surface area contributed by atoms with Crippen LogP contribution in [0.15, 0.2) is 102 Å². The van der Waals surface area contributed by atoms with Gasteiger partial charge in [-0.3, -0.25) is 14.5 Å². The Morgan fingerprint density at radius 3 is 2.15 bits per heavy atom. The van der Waals surface area contributed by atoms with Crippen LogP contribution >= 0.6 is 23.4 Å². The molecule has 7 heteroatoms. The van der Waals surface area contributed by atoms with Gasteiger partial charge in [-0.15, -0.1) is 0 Å². The summed E-state index contributed by atoms with van der Waals surface area (Å²) in [6.07, 6.45) is 1.68. The summed E-state index contributed by atoms with van der Waals surface area (Å²) in [6, 6.07) is 31.6. The molecule has 1 fully saturated rings. The molecule has 0 saturated carbocycles. The number of thioether (sulfide) groups is 1. The quantitative estimate of drug-likeness (QED) is 0.172. The number of halogens is 1. The first kappa shape index (κ1) is 26.9. The van der Waals surface area contributed by atoms with Gasteiger partial charge in [0.25, 0.3) is 11.1 Å². The summed E-state index contributed by atoms with van der Waals surface area (Å²) in [7, 11) is 0. The Labute approximate surface area is 247 Å². The number of amides is 2. The number of hydrogen-bond donors (Lipinski definition) is 0. The molecule has 0 unspecified atom stereocenters. The minimum Gasteiger partial charge on any atom is -0.490 e. The van der Waals surface area contributed by atoms with Crippen LogP contribution in [0.25, 0.3) is 27.6 Å². The van der Waals surface area contributed by atoms with Gasteiger partial charge in [0.1, 0.15) is 6.61 Å². The van der Waals surface area contributed by atoms with E-state index in [1.54, 1.807) is 18.2 Å². The van der Waals surface area contributed by atoms with E-state index in [1.165, 1.54) is 4.90 Å². The number of benzene rings is 5. The number of fused-ring (bicyclic) bond motifs is 2. The van der Waals surface area contributed by atoms with Crippen LogP contribution in [0.4, 0.5) is 4.79 Å². The maximum atomic E-state index is 13.3. The van der Waals surface area contributed by atoms with Gasteiger partial charge in [0.2, 0.25) is 0 Å². The normalized spacial score (nSPS) is 14.4. The maximum Gasteiger partial charge on any atom is 0.293 e. The van der Waals surface area contributed by atoms with Crippen LogP contribution in [0.1, 0.15) is 23.6 Å². The third kappa shape index (κ3) is 5.53. The van der Waals surface area contributed by atoms with Gasteiger partial charge in [-0.2, -0.15) is 0 Å². The van der Waals surface area contributed by atoms with Crippen molar-refractivity contribution >= 4 is 62.1 Å². The first-order valence-corrected chi connectivity index (χ1v) is 14.5. The van der Waals surface area contributed by atoms with E-state index in [2.05, 4.69) is 18.2 Å². The van der Waals surface area contributed by atoms with E-state index in [9.17, 15) is 9.59 Å². The van der Waals surface area contributed by atoms with Gasteiger partial charge >= 0.3 is 0 Å². The fourth-order valence-corrected chi connectivity index (χ4v) is 6.14. The molecular weight excluding hydrogens is 554 g/mol. The number of hydrogen-bond acceptors (Lipinski definition) is 5. The molecule has 5 nitrogen and oxygen atoms in total. The van der Waals surface area contributed by atoms with E-state index in [0.29, 0.717) is 40.2 Å². The van der Waals surface area contributed by atoms with Gasteiger partial charge in [0.05, 0.1) is 23.1 Å². The Morgan fingerprint density at radius 2 is 1.44 bits per heavy atom. The summed E-state index contributed by atoms with van der Waals surface area (Å²) < 4.78 is 12.1. The number of rotatable bonds is 8. The molecule has 41 heavy (non-hydrogen) atoms. The Morgan fingerprint density at radius 1 is 0.805 bits per heavy atom. The molecule has 6 rings (SSSR count). The van der Waals surface area contributed by atoms with Crippen molar-refractivity contribution in [3.63, 3.8) is 0 Å². The highest BCUT2D eigenvalue weighted by Crippen LogP contribution is 2.40. The van der Waals surface area contributed by atoms with Crippen molar-refractivity contribution in [3.8, 4) is 11.5 Å². The second-order valence-corrected chi connectivity index (χ2v) is 11.0. The topological polar surface area (TPSA) is 55.8 Å². The van der Waals surface area contributed by atoms with E-state index in [0.717, 1.165) is 44.4 Å². The zero-order valence-corrected chi connectivity index (χ0v) is 23.9. The van der Waals surface area contributed by atoms with Gasteiger partial charge in [-0.05, 0) is 75.1 Å². The highest BCUT2D eigenvalue weighted by atomic mass is 35.5. The van der Waals surface area contributed by atoms with E-state index >= 15 is 0 Å². The highest BCUT2D eigenvalue weighted by molar-refractivity contribution is 8.18. The molecule has 1 aliphatic rings. The second-order valence-electron chi connectivity index (χ2n) is 9.60. The predicted molar refractivity (Wildman–Crippen MR) is 166 cm³/mol. The van der Waals surface area contributed by atoms with Crippen LogP contribution < -0.4 is 9.47 Å². The van der Waals surface area contributed by atoms with Gasteiger partial charge in [-0.25, -0.2) is 0 Å². The number of imide groups is 1. The lowest BCUT2D eigenvalue weighted by molar-refractivity contribution is -0.123. The third-order valence-electron chi connectivity index (χ3n) is 6.96. The van der Waals surface area contributed by atoms with Gasteiger partial charge < -0.3 is 9.47 Å². The molecule has 0 aromatic heterocycles. The van der Waals surface area contributed by atoms with Crippen LogP contribution in [0.3, 0.4) is 0 Å². The molecule has 0 spiro atoms. The molecule has 2 amide bonds. The average molecular weight is 580 g/mol. The van der Waals surface area contributed by atoms with Crippen molar-refractivity contribution in [3.05, 3.63) is 124 Å². The molecule has 204 valence electrons. The first-order chi connectivity index (χ1) is 20.0. The van der Waals surface area contributed by atoms with Crippen LogP contribution in [0.2, 0.25) is 5.02 Å².